The molecule has 0 amide bonds. The van der Waals surface area contributed by atoms with Crippen LogP contribution in [0.5, 0.6) is 0 Å². The van der Waals surface area contributed by atoms with Gasteiger partial charge in [-0.3, -0.25) is 5.26 Å². The Labute approximate surface area is 91.7 Å². The monoisotopic (exact) mass is 214 g/mol. The Bertz CT molecular complexity index is 209. The van der Waals surface area contributed by atoms with Crippen molar-refractivity contribution in [1.29, 1.82) is 0 Å². The van der Waals surface area contributed by atoms with Crippen LogP contribution in [-0.2, 0) is 4.89 Å². The van der Waals surface area contributed by atoms with Gasteiger partial charge < -0.3 is 5.11 Å². The Morgan fingerprint density at radius 2 is 2.27 bits per heavy atom. The van der Waals surface area contributed by atoms with Crippen LogP contribution in [0.25, 0.3) is 0 Å². The van der Waals surface area contributed by atoms with Crippen molar-refractivity contribution in [3.63, 3.8) is 0 Å². The number of allylic oxidation sites excluding steroid dienone is 1. The van der Waals surface area contributed by atoms with E-state index >= 15 is 0 Å². The van der Waals surface area contributed by atoms with Crippen molar-refractivity contribution in [3.8, 4) is 0 Å². The molecule has 0 spiro atoms. The summed E-state index contributed by atoms with van der Waals surface area (Å²) >= 11 is 0. The van der Waals surface area contributed by atoms with E-state index < -0.39 is 5.60 Å². The van der Waals surface area contributed by atoms with Crippen LogP contribution in [0.2, 0.25) is 0 Å². The van der Waals surface area contributed by atoms with Gasteiger partial charge in [0.2, 0.25) is 0 Å². The molecule has 0 aliphatic heterocycles. The van der Waals surface area contributed by atoms with Gasteiger partial charge in [-0.1, -0.05) is 18.4 Å². The van der Waals surface area contributed by atoms with Gasteiger partial charge in [-0.15, -0.1) is 6.58 Å². The molecule has 1 fully saturated rings. The molecule has 2 atom stereocenters. The molecule has 0 bridgehead atoms. The second-order valence-electron chi connectivity index (χ2n) is 4.75. The summed E-state index contributed by atoms with van der Waals surface area (Å²) in [7, 11) is 0. The van der Waals surface area contributed by atoms with Crippen molar-refractivity contribution < 1.29 is 15.3 Å². The highest BCUT2D eigenvalue weighted by Crippen LogP contribution is 2.39. The minimum atomic E-state index is -0.715. The number of aliphatic hydroxyl groups is 1. The quantitative estimate of drug-likeness (QED) is 0.420. The molecule has 2 unspecified atom stereocenters. The second kappa shape index (κ2) is 5.64. The van der Waals surface area contributed by atoms with E-state index in [0.29, 0.717) is 0 Å². The van der Waals surface area contributed by atoms with E-state index in [2.05, 4.69) is 11.5 Å². The van der Waals surface area contributed by atoms with Crippen LogP contribution < -0.4 is 0 Å². The van der Waals surface area contributed by atoms with E-state index in [9.17, 15) is 5.11 Å². The maximum atomic E-state index is 9.37. The van der Waals surface area contributed by atoms with Crippen LogP contribution in [0, 0.1) is 5.92 Å². The summed E-state index contributed by atoms with van der Waals surface area (Å²) in [5.74, 6) is 0.248. The topological polar surface area (TPSA) is 49.7 Å². The van der Waals surface area contributed by atoms with Crippen molar-refractivity contribution in [2.75, 3.05) is 6.61 Å². The van der Waals surface area contributed by atoms with Gasteiger partial charge in [-0.2, -0.15) is 0 Å². The molecule has 3 heteroatoms. The van der Waals surface area contributed by atoms with E-state index in [1.165, 1.54) is 0 Å². The van der Waals surface area contributed by atoms with E-state index in [0.717, 1.165) is 44.1 Å². The standard InChI is InChI=1S/C12H22O3/c1-10(2)6-7-11-5-3-4-8-12(11,9-13)15-14/h11,13-14H,1,3-9H2,2H3. The molecule has 1 aliphatic rings. The van der Waals surface area contributed by atoms with Gasteiger partial charge in [0.1, 0.15) is 5.60 Å². The van der Waals surface area contributed by atoms with Crippen molar-refractivity contribution in [1.82, 2.24) is 0 Å². The molecule has 1 rings (SSSR count). The van der Waals surface area contributed by atoms with E-state index in [1.807, 2.05) is 6.92 Å². The summed E-state index contributed by atoms with van der Waals surface area (Å²) in [5, 5.41) is 18.4. The van der Waals surface area contributed by atoms with Gasteiger partial charge in [-0.25, -0.2) is 4.89 Å². The zero-order chi connectivity index (χ0) is 11.3. The lowest BCUT2D eigenvalue weighted by atomic mass is 9.73. The third-order valence-electron chi connectivity index (χ3n) is 3.52. The maximum Gasteiger partial charge on any atom is 0.129 e. The van der Waals surface area contributed by atoms with Crippen molar-refractivity contribution in [2.24, 2.45) is 5.92 Å². The lowest BCUT2D eigenvalue weighted by molar-refractivity contribution is -0.352. The largest absolute Gasteiger partial charge is 0.393 e. The fourth-order valence-corrected chi connectivity index (χ4v) is 2.47. The molecule has 1 aliphatic carbocycles. The van der Waals surface area contributed by atoms with Crippen molar-refractivity contribution in [2.45, 2.75) is 51.0 Å². The van der Waals surface area contributed by atoms with E-state index in [-0.39, 0.29) is 12.5 Å². The van der Waals surface area contributed by atoms with Crippen LogP contribution in [0.15, 0.2) is 12.2 Å². The van der Waals surface area contributed by atoms with Crippen LogP contribution in [-0.4, -0.2) is 22.6 Å². The van der Waals surface area contributed by atoms with Crippen LogP contribution in [0.1, 0.15) is 45.4 Å². The lowest BCUT2D eigenvalue weighted by Crippen LogP contribution is -2.46. The van der Waals surface area contributed by atoms with Crippen LogP contribution >= 0.6 is 0 Å². The third-order valence-corrected chi connectivity index (χ3v) is 3.52. The predicted octanol–water partition coefficient (Wildman–Crippen LogP) is 2.75. The summed E-state index contributed by atoms with van der Waals surface area (Å²) in [4.78, 5) is 4.59. The normalized spacial score (nSPS) is 31.5. The first-order chi connectivity index (χ1) is 7.14. The average Bonchev–Trinajstić information content (AvgIpc) is 2.26. The summed E-state index contributed by atoms with van der Waals surface area (Å²) in [6.45, 7) is 5.78. The molecule has 0 aromatic carbocycles. The summed E-state index contributed by atoms with van der Waals surface area (Å²) < 4.78 is 0. The molecule has 3 nitrogen and oxygen atoms in total. The molecule has 15 heavy (non-hydrogen) atoms. The van der Waals surface area contributed by atoms with Gasteiger partial charge >= 0.3 is 0 Å². The summed E-state index contributed by atoms with van der Waals surface area (Å²) in [6.07, 6.45) is 5.83. The molecular formula is C12H22O3. The predicted molar refractivity (Wildman–Crippen MR) is 59.5 cm³/mol. The molecule has 2 N–H and O–H groups in total. The molecule has 1 saturated carbocycles. The minimum absolute atomic E-state index is 0.0929. The van der Waals surface area contributed by atoms with Gasteiger partial charge in [-0.05, 0) is 38.5 Å². The van der Waals surface area contributed by atoms with Crippen LogP contribution in [0.4, 0.5) is 0 Å². The lowest BCUT2D eigenvalue weighted by Gasteiger charge is -2.40. The second-order valence-corrected chi connectivity index (χ2v) is 4.75. The number of hydrogen-bond donors (Lipinski definition) is 2. The Morgan fingerprint density at radius 3 is 2.80 bits per heavy atom. The molecule has 0 heterocycles. The first-order valence-corrected chi connectivity index (χ1v) is 5.72. The third kappa shape index (κ3) is 3.03. The van der Waals surface area contributed by atoms with Crippen molar-refractivity contribution in [3.05, 3.63) is 12.2 Å². The minimum Gasteiger partial charge on any atom is -0.393 e. The summed E-state index contributed by atoms with van der Waals surface area (Å²) in [6, 6.07) is 0. The maximum absolute atomic E-state index is 9.37. The first-order valence-electron chi connectivity index (χ1n) is 5.72. The fourth-order valence-electron chi connectivity index (χ4n) is 2.47. The molecular weight excluding hydrogens is 192 g/mol. The Morgan fingerprint density at radius 1 is 1.53 bits per heavy atom. The summed E-state index contributed by atoms with van der Waals surface area (Å²) in [5.41, 5.74) is 0.429. The van der Waals surface area contributed by atoms with Crippen LogP contribution in [0.3, 0.4) is 0 Å². The molecule has 88 valence electrons. The zero-order valence-corrected chi connectivity index (χ0v) is 9.54. The van der Waals surface area contributed by atoms with Gasteiger partial charge in [0.05, 0.1) is 6.61 Å². The smallest absolute Gasteiger partial charge is 0.129 e. The van der Waals surface area contributed by atoms with Gasteiger partial charge in [0.15, 0.2) is 0 Å². The zero-order valence-electron chi connectivity index (χ0n) is 9.54. The first kappa shape index (κ1) is 12.7. The fraction of sp³-hybridized carbons (Fsp3) is 0.833. The van der Waals surface area contributed by atoms with E-state index in [4.69, 9.17) is 5.26 Å². The SMILES string of the molecule is C=C(C)CCC1CCCCC1(CO)OO. The Balaban J connectivity index is 2.60. The molecule has 0 radical (unpaired) electrons. The van der Waals surface area contributed by atoms with Gasteiger partial charge in [0.25, 0.3) is 0 Å². The number of hydrogen-bond acceptors (Lipinski definition) is 3. The molecule has 0 aromatic rings. The average molecular weight is 214 g/mol. The Hall–Kier alpha value is -0.380. The van der Waals surface area contributed by atoms with Crippen molar-refractivity contribution >= 4 is 0 Å². The highest BCUT2D eigenvalue weighted by Gasteiger charge is 2.41. The molecule has 0 saturated heterocycles. The Kier molecular flexibility index (Phi) is 4.77. The number of rotatable bonds is 5. The van der Waals surface area contributed by atoms with Gasteiger partial charge in [0, 0.05) is 0 Å². The number of aliphatic hydroxyl groups excluding tert-OH is 1. The van der Waals surface area contributed by atoms with E-state index in [1.54, 1.807) is 0 Å². The molecule has 0 aromatic heterocycles. The highest BCUT2D eigenvalue weighted by atomic mass is 17.1. The highest BCUT2D eigenvalue weighted by molar-refractivity contribution is 4.95.